The molecule has 0 radical (unpaired) electrons. The molecular weight excluding hydrogens is 256 g/mol. The van der Waals surface area contributed by atoms with Crippen LogP contribution in [0.3, 0.4) is 0 Å². The summed E-state index contributed by atoms with van der Waals surface area (Å²) in [6.45, 7) is 6.22. The summed E-state index contributed by atoms with van der Waals surface area (Å²) in [5, 5.41) is 13.3. The van der Waals surface area contributed by atoms with E-state index in [1.165, 1.54) is 4.90 Å². The van der Waals surface area contributed by atoms with Gasteiger partial charge in [0, 0.05) is 12.2 Å². The molecule has 0 spiro atoms. The maximum atomic E-state index is 12.0. The second-order valence-corrected chi connectivity index (χ2v) is 6.07. The second kappa shape index (κ2) is 5.71. The van der Waals surface area contributed by atoms with Gasteiger partial charge in [-0.05, 0) is 32.9 Å². The molecule has 1 aliphatic rings. The Morgan fingerprint density at radius 2 is 1.95 bits per heavy atom. The zero-order chi connectivity index (χ0) is 14.8. The maximum Gasteiger partial charge on any atom is 0.410 e. The largest absolute Gasteiger partial charge is 0.444 e. The number of aliphatic hydroxyl groups excluding tert-OH is 1. The molecule has 1 saturated heterocycles. The molecule has 110 valence electrons. The lowest BCUT2D eigenvalue weighted by Gasteiger charge is -2.24. The van der Waals surface area contributed by atoms with Gasteiger partial charge in [0.15, 0.2) is 0 Å². The van der Waals surface area contributed by atoms with E-state index < -0.39 is 11.7 Å². The van der Waals surface area contributed by atoms with Gasteiger partial charge in [0.25, 0.3) is 0 Å². The Kier molecular flexibility index (Phi) is 4.18. The molecule has 20 heavy (non-hydrogen) atoms. The van der Waals surface area contributed by atoms with Gasteiger partial charge in [0.1, 0.15) is 5.60 Å². The molecule has 1 aromatic carbocycles. The topological polar surface area (TPSA) is 61.8 Å². The number of hydrogen-bond acceptors (Lipinski definition) is 4. The van der Waals surface area contributed by atoms with Gasteiger partial charge in [-0.15, -0.1) is 0 Å². The van der Waals surface area contributed by atoms with Crippen molar-refractivity contribution in [2.75, 3.05) is 18.4 Å². The van der Waals surface area contributed by atoms with Crippen molar-refractivity contribution in [3.05, 3.63) is 30.3 Å². The van der Waals surface area contributed by atoms with Gasteiger partial charge in [-0.3, -0.25) is 0 Å². The van der Waals surface area contributed by atoms with Crippen molar-refractivity contribution in [3.8, 4) is 0 Å². The summed E-state index contributed by atoms with van der Waals surface area (Å²) in [4.78, 5) is 13.5. The standard InChI is InChI=1S/C15H22N2O3/c1-15(2,3)20-14(19)17-9-12(13(18)10-17)16-11-7-5-4-6-8-11/h4-8,12-13,16,18H,9-10H2,1-3H3/t12-,13-/m1/s1. The van der Waals surface area contributed by atoms with Crippen LogP contribution in [0.5, 0.6) is 0 Å². The number of likely N-dealkylation sites (tertiary alicyclic amines) is 1. The van der Waals surface area contributed by atoms with E-state index in [2.05, 4.69) is 5.32 Å². The maximum absolute atomic E-state index is 12.0. The van der Waals surface area contributed by atoms with E-state index in [-0.39, 0.29) is 12.1 Å². The molecule has 1 amide bonds. The van der Waals surface area contributed by atoms with Crippen molar-refractivity contribution < 1.29 is 14.6 Å². The lowest BCUT2D eigenvalue weighted by atomic mass is 10.2. The van der Waals surface area contributed by atoms with Crippen LogP contribution in [0, 0.1) is 0 Å². The van der Waals surface area contributed by atoms with E-state index in [9.17, 15) is 9.90 Å². The molecule has 0 aliphatic carbocycles. The molecule has 1 heterocycles. The number of aliphatic hydroxyl groups is 1. The van der Waals surface area contributed by atoms with E-state index in [1.807, 2.05) is 51.1 Å². The van der Waals surface area contributed by atoms with E-state index in [0.29, 0.717) is 13.1 Å². The first-order valence-corrected chi connectivity index (χ1v) is 6.83. The molecular formula is C15H22N2O3. The molecule has 0 unspecified atom stereocenters. The molecule has 0 bridgehead atoms. The Morgan fingerprint density at radius 3 is 2.55 bits per heavy atom. The minimum atomic E-state index is -0.595. The summed E-state index contributed by atoms with van der Waals surface area (Å²) in [7, 11) is 0. The van der Waals surface area contributed by atoms with E-state index in [0.717, 1.165) is 5.69 Å². The van der Waals surface area contributed by atoms with Gasteiger partial charge in [0.2, 0.25) is 0 Å². The third-order valence-corrected chi connectivity index (χ3v) is 3.07. The highest BCUT2D eigenvalue weighted by Crippen LogP contribution is 2.19. The normalized spacial score (nSPS) is 22.7. The fourth-order valence-electron chi connectivity index (χ4n) is 2.15. The summed E-state index contributed by atoms with van der Waals surface area (Å²) in [5.41, 5.74) is 0.412. The number of carbonyl (C=O) groups is 1. The number of nitrogens with zero attached hydrogens (tertiary/aromatic N) is 1. The minimum absolute atomic E-state index is 0.176. The highest BCUT2D eigenvalue weighted by Gasteiger charge is 2.36. The number of para-hydroxylation sites is 1. The van der Waals surface area contributed by atoms with Crippen LogP contribution in [-0.2, 0) is 4.74 Å². The van der Waals surface area contributed by atoms with Gasteiger partial charge in [-0.1, -0.05) is 18.2 Å². The summed E-state index contributed by atoms with van der Waals surface area (Å²) in [6.07, 6.45) is -0.975. The van der Waals surface area contributed by atoms with Crippen molar-refractivity contribution >= 4 is 11.8 Å². The SMILES string of the molecule is CC(C)(C)OC(=O)N1C[C@@H](O)[C@H](Nc2ccccc2)C1. The van der Waals surface area contributed by atoms with Crippen molar-refractivity contribution in [3.63, 3.8) is 0 Å². The number of hydrogen-bond donors (Lipinski definition) is 2. The zero-order valence-corrected chi connectivity index (χ0v) is 12.2. The lowest BCUT2D eigenvalue weighted by molar-refractivity contribution is 0.0270. The number of β-amino-alcohol motifs (C(OH)–C–C–N with tert-alkyl or cyclic N) is 1. The summed E-state index contributed by atoms with van der Waals surface area (Å²) in [6, 6.07) is 9.48. The van der Waals surface area contributed by atoms with Crippen LogP contribution in [0.4, 0.5) is 10.5 Å². The number of nitrogens with one attached hydrogen (secondary N) is 1. The number of carbonyl (C=O) groups excluding carboxylic acids is 1. The van der Waals surface area contributed by atoms with Crippen molar-refractivity contribution in [2.24, 2.45) is 0 Å². The van der Waals surface area contributed by atoms with Crippen molar-refractivity contribution in [2.45, 2.75) is 38.5 Å². The molecule has 2 N–H and O–H groups in total. The molecule has 2 rings (SSSR count). The summed E-state index contributed by atoms with van der Waals surface area (Å²) >= 11 is 0. The predicted octanol–water partition coefficient (Wildman–Crippen LogP) is 2.08. The number of amides is 1. The third kappa shape index (κ3) is 3.87. The van der Waals surface area contributed by atoms with Crippen LogP contribution >= 0.6 is 0 Å². The molecule has 1 aromatic rings. The van der Waals surface area contributed by atoms with Gasteiger partial charge in [-0.25, -0.2) is 4.79 Å². The van der Waals surface area contributed by atoms with Gasteiger partial charge in [-0.2, -0.15) is 0 Å². The Hall–Kier alpha value is -1.75. The third-order valence-electron chi connectivity index (χ3n) is 3.07. The summed E-state index contributed by atoms with van der Waals surface area (Å²) < 4.78 is 5.32. The number of rotatable bonds is 2. The van der Waals surface area contributed by atoms with Crippen LogP contribution in [0.2, 0.25) is 0 Å². The van der Waals surface area contributed by atoms with Crippen LogP contribution in [0.25, 0.3) is 0 Å². The lowest BCUT2D eigenvalue weighted by Crippen LogP contribution is -2.36. The monoisotopic (exact) mass is 278 g/mol. The molecule has 0 aromatic heterocycles. The quantitative estimate of drug-likeness (QED) is 0.869. The van der Waals surface area contributed by atoms with Gasteiger partial charge >= 0.3 is 6.09 Å². The molecule has 5 nitrogen and oxygen atoms in total. The number of ether oxygens (including phenoxy) is 1. The molecule has 2 atom stereocenters. The highest BCUT2D eigenvalue weighted by atomic mass is 16.6. The van der Waals surface area contributed by atoms with E-state index >= 15 is 0 Å². The number of anilines is 1. The van der Waals surface area contributed by atoms with Crippen LogP contribution in [-0.4, -0.2) is 46.9 Å². The van der Waals surface area contributed by atoms with E-state index in [1.54, 1.807) is 0 Å². The first-order chi connectivity index (χ1) is 9.35. The van der Waals surface area contributed by atoms with Gasteiger partial charge in [0.05, 0.1) is 18.7 Å². The van der Waals surface area contributed by atoms with Crippen molar-refractivity contribution in [1.29, 1.82) is 0 Å². The Balaban J connectivity index is 1.94. The van der Waals surface area contributed by atoms with Crippen molar-refractivity contribution in [1.82, 2.24) is 4.90 Å². The first-order valence-electron chi connectivity index (χ1n) is 6.83. The molecule has 1 fully saturated rings. The van der Waals surface area contributed by atoms with Crippen LogP contribution in [0.1, 0.15) is 20.8 Å². The fourth-order valence-corrected chi connectivity index (χ4v) is 2.15. The van der Waals surface area contributed by atoms with Crippen LogP contribution < -0.4 is 5.32 Å². The molecule has 5 heteroatoms. The van der Waals surface area contributed by atoms with E-state index in [4.69, 9.17) is 4.74 Å². The zero-order valence-electron chi connectivity index (χ0n) is 12.2. The first kappa shape index (κ1) is 14.7. The fraction of sp³-hybridized carbons (Fsp3) is 0.533. The Morgan fingerprint density at radius 1 is 1.30 bits per heavy atom. The number of benzene rings is 1. The molecule has 1 aliphatic heterocycles. The smallest absolute Gasteiger partial charge is 0.410 e. The predicted molar refractivity (Wildman–Crippen MR) is 77.7 cm³/mol. The minimum Gasteiger partial charge on any atom is -0.444 e. The highest BCUT2D eigenvalue weighted by molar-refractivity contribution is 5.69. The Bertz CT molecular complexity index is 456. The average molecular weight is 278 g/mol. The summed E-state index contributed by atoms with van der Waals surface area (Å²) in [5.74, 6) is 0. The Labute approximate surface area is 119 Å². The molecule has 0 saturated carbocycles. The second-order valence-electron chi connectivity index (χ2n) is 6.07. The average Bonchev–Trinajstić information content (AvgIpc) is 2.70. The van der Waals surface area contributed by atoms with Gasteiger partial charge < -0.3 is 20.1 Å². The van der Waals surface area contributed by atoms with Crippen LogP contribution in [0.15, 0.2) is 30.3 Å².